The van der Waals surface area contributed by atoms with E-state index in [0.29, 0.717) is 23.3 Å². The summed E-state index contributed by atoms with van der Waals surface area (Å²) < 4.78 is 5.29. The number of hydrogen-bond acceptors (Lipinski definition) is 6. The number of halogens is 1. The van der Waals surface area contributed by atoms with E-state index >= 15 is 0 Å². The fourth-order valence-electron chi connectivity index (χ4n) is 4.29. The summed E-state index contributed by atoms with van der Waals surface area (Å²) >= 11 is 0. The molecule has 3 heterocycles. The topological polar surface area (TPSA) is 79.4 Å². The molecule has 0 aliphatic carbocycles. The number of ether oxygens (including phenoxy) is 1. The number of hydrogen-bond donors (Lipinski definition) is 2. The molecule has 0 radical (unpaired) electrons. The van der Waals surface area contributed by atoms with Gasteiger partial charge < -0.3 is 20.3 Å². The third-order valence-electron chi connectivity index (χ3n) is 5.60. The maximum absolute atomic E-state index is 13.3. The Morgan fingerprint density at radius 2 is 1.90 bits per heavy atom. The van der Waals surface area contributed by atoms with Gasteiger partial charge in [-0.3, -0.25) is 4.79 Å². The number of likely N-dealkylation sites (tertiary alicyclic amines) is 1. The summed E-state index contributed by atoms with van der Waals surface area (Å²) in [4.78, 5) is 23.9. The monoisotopic (exact) mass is 417 g/mol. The van der Waals surface area contributed by atoms with Gasteiger partial charge in [0.15, 0.2) is 0 Å². The molecular formula is C21H28ClN5O2. The van der Waals surface area contributed by atoms with E-state index in [-0.39, 0.29) is 30.4 Å². The first-order valence-electron chi connectivity index (χ1n) is 9.81. The molecule has 7 nitrogen and oxygen atoms in total. The first kappa shape index (κ1) is 21.3. The zero-order valence-corrected chi connectivity index (χ0v) is 17.8. The number of nitrogens with zero attached hydrogens (tertiary/aromatic N) is 3. The van der Waals surface area contributed by atoms with Crippen LogP contribution >= 0.6 is 12.4 Å². The fourth-order valence-corrected chi connectivity index (χ4v) is 4.29. The lowest BCUT2D eigenvalue weighted by Crippen LogP contribution is -2.34. The van der Waals surface area contributed by atoms with E-state index in [1.54, 1.807) is 19.5 Å². The Kier molecular flexibility index (Phi) is 6.59. The highest BCUT2D eigenvalue weighted by Gasteiger charge is 2.46. The van der Waals surface area contributed by atoms with Crippen LogP contribution in [0, 0.1) is 11.8 Å². The summed E-state index contributed by atoms with van der Waals surface area (Å²) in [5.41, 5.74) is 1.67. The second-order valence-corrected chi connectivity index (χ2v) is 7.85. The Labute approximate surface area is 177 Å². The summed E-state index contributed by atoms with van der Waals surface area (Å²) in [5.74, 6) is 2.24. The SMILES string of the molecule is COc1ccc([C@H]2[C@H]3CNC[C@H]3CN2C(=O)c2cnc(NC(C)C)nc2)cc1.Cl. The van der Waals surface area contributed by atoms with Crippen LogP contribution < -0.4 is 15.4 Å². The van der Waals surface area contributed by atoms with Gasteiger partial charge in [-0.15, -0.1) is 12.4 Å². The van der Waals surface area contributed by atoms with Crippen LogP contribution in [-0.4, -0.2) is 53.6 Å². The van der Waals surface area contributed by atoms with E-state index in [0.717, 1.165) is 30.9 Å². The molecule has 8 heteroatoms. The van der Waals surface area contributed by atoms with Crippen molar-refractivity contribution < 1.29 is 9.53 Å². The second kappa shape index (κ2) is 8.97. The molecule has 0 saturated carbocycles. The van der Waals surface area contributed by atoms with Crippen LogP contribution in [0.5, 0.6) is 5.75 Å². The summed E-state index contributed by atoms with van der Waals surface area (Å²) in [6, 6.07) is 8.35. The third kappa shape index (κ3) is 4.31. The van der Waals surface area contributed by atoms with Crippen molar-refractivity contribution in [1.82, 2.24) is 20.2 Å². The summed E-state index contributed by atoms with van der Waals surface area (Å²) in [6.07, 6.45) is 3.24. The maximum atomic E-state index is 13.3. The smallest absolute Gasteiger partial charge is 0.257 e. The van der Waals surface area contributed by atoms with Crippen LogP contribution in [0.15, 0.2) is 36.7 Å². The molecule has 0 bridgehead atoms. The largest absolute Gasteiger partial charge is 0.497 e. The number of carbonyl (C=O) groups excluding carboxylic acids is 1. The molecule has 4 rings (SSSR count). The van der Waals surface area contributed by atoms with Crippen molar-refractivity contribution in [1.29, 1.82) is 0 Å². The number of benzene rings is 1. The van der Waals surface area contributed by atoms with Crippen LogP contribution in [0.2, 0.25) is 0 Å². The zero-order valence-electron chi connectivity index (χ0n) is 17.0. The molecule has 2 fully saturated rings. The molecule has 1 aromatic carbocycles. The van der Waals surface area contributed by atoms with Crippen LogP contribution in [0.3, 0.4) is 0 Å². The number of aromatic nitrogens is 2. The molecule has 0 unspecified atom stereocenters. The van der Waals surface area contributed by atoms with E-state index in [9.17, 15) is 4.79 Å². The molecule has 3 atom stereocenters. The minimum Gasteiger partial charge on any atom is -0.497 e. The number of anilines is 1. The Morgan fingerprint density at radius 3 is 2.52 bits per heavy atom. The number of carbonyl (C=O) groups is 1. The molecule has 1 amide bonds. The van der Waals surface area contributed by atoms with Gasteiger partial charge in [-0.05, 0) is 37.5 Å². The Balaban J connectivity index is 0.00000240. The van der Waals surface area contributed by atoms with Crippen LogP contribution in [0.1, 0.15) is 35.8 Å². The van der Waals surface area contributed by atoms with Crippen molar-refractivity contribution in [3.63, 3.8) is 0 Å². The molecule has 2 N–H and O–H groups in total. The van der Waals surface area contributed by atoms with Crippen molar-refractivity contribution in [2.24, 2.45) is 11.8 Å². The van der Waals surface area contributed by atoms with Gasteiger partial charge in [0.1, 0.15) is 5.75 Å². The third-order valence-corrected chi connectivity index (χ3v) is 5.60. The highest BCUT2D eigenvalue weighted by molar-refractivity contribution is 5.94. The normalized spacial score (nSPS) is 22.9. The Morgan fingerprint density at radius 1 is 1.21 bits per heavy atom. The molecule has 1 aromatic heterocycles. The van der Waals surface area contributed by atoms with E-state index in [4.69, 9.17) is 4.74 Å². The highest BCUT2D eigenvalue weighted by Crippen LogP contribution is 2.43. The van der Waals surface area contributed by atoms with Crippen molar-refractivity contribution in [2.75, 3.05) is 32.1 Å². The van der Waals surface area contributed by atoms with E-state index in [1.807, 2.05) is 30.9 Å². The first-order valence-corrected chi connectivity index (χ1v) is 9.81. The molecule has 2 aromatic rings. The number of rotatable bonds is 5. The van der Waals surface area contributed by atoms with Gasteiger partial charge >= 0.3 is 0 Å². The summed E-state index contributed by atoms with van der Waals surface area (Å²) in [6.45, 7) is 6.69. The average Bonchev–Trinajstić information content (AvgIpc) is 3.29. The lowest BCUT2D eigenvalue weighted by Gasteiger charge is -2.28. The van der Waals surface area contributed by atoms with Crippen LogP contribution in [0.4, 0.5) is 5.95 Å². The molecule has 2 aliphatic rings. The maximum Gasteiger partial charge on any atom is 0.257 e. The lowest BCUT2D eigenvalue weighted by molar-refractivity contribution is 0.0713. The molecular weight excluding hydrogens is 390 g/mol. The minimum atomic E-state index is -0.00804. The minimum absolute atomic E-state index is 0. The van der Waals surface area contributed by atoms with Gasteiger partial charge in [0.25, 0.3) is 5.91 Å². The lowest BCUT2D eigenvalue weighted by atomic mass is 9.89. The Hall–Kier alpha value is -2.38. The zero-order chi connectivity index (χ0) is 19.7. The van der Waals surface area contributed by atoms with Gasteiger partial charge in [0.2, 0.25) is 5.95 Å². The average molecular weight is 418 g/mol. The van der Waals surface area contributed by atoms with Crippen molar-refractivity contribution in [3.05, 3.63) is 47.8 Å². The van der Waals surface area contributed by atoms with Crippen LogP contribution in [-0.2, 0) is 0 Å². The second-order valence-electron chi connectivity index (χ2n) is 7.85. The first-order chi connectivity index (χ1) is 13.6. The predicted molar refractivity (Wildman–Crippen MR) is 115 cm³/mol. The van der Waals surface area contributed by atoms with E-state index in [1.165, 1.54) is 0 Å². The van der Waals surface area contributed by atoms with Gasteiger partial charge in [-0.1, -0.05) is 12.1 Å². The number of nitrogens with one attached hydrogen (secondary N) is 2. The van der Waals surface area contributed by atoms with Gasteiger partial charge in [0.05, 0.1) is 18.7 Å². The molecule has 0 spiro atoms. The molecule has 2 aliphatic heterocycles. The molecule has 2 saturated heterocycles. The number of amides is 1. The predicted octanol–water partition coefficient (Wildman–Crippen LogP) is 2.76. The van der Waals surface area contributed by atoms with Crippen molar-refractivity contribution in [3.8, 4) is 5.75 Å². The standard InChI is InChI=1S/C21H27N5O2.ClH/c1-13(2)25-21-23-9-15(10-24-21)20(27)26-12-16-8-22-11-18(16)19(26)14-4-6-17(28-3)7-5-14;/h4-7,9-10,13,16,18-19,22H,8,11-12H2,1-3H3,(H,23,24,25);1H/t16-,18-,19-;/m0./s1. The fraction of sp³-hybridized carbons (Fsp3) is 0.476. The van der Waals surface area contributed by atoms with Gasteiger partial charge in [0, 0.05) is 44.0 Å². The highest BCUT2D eigenvalue weighted by atomic mass is 35.5. The number of methoxy groups -OCH3 is 1. The summed E-state index contributed by atoms with van der Waals surface area (Å²) in [5, 5.41) is 6.63. The van der Waals surface area contributed by atoms with E-state index < -0.39 is 0 Å². The van der Waals surface area contributed by atoms with E-state index in [2.05, 4.69) is 32.7 Å². The van der Waals surface area contributed by atoms with Crippen molar-refractivity contribution >= 4 is 24.3 Å². The summed E-state index contributed by atoms with van der Waals surface area (Å²) in [7, 11) is 1.66. The van der Waals surface area contributed by atoms with Crippen LogP contribution in [0.25, 0.3) is 0 Å². The van der Waals surface area contributed by atoms with Gasteiger partial charge in [-0.2, -0.15) is 0 Å². The Bertz CT molecular complexity index is 828. The van der Waals surface area contributed by atoms with Gasteiger partial charge in [-0.25, -0.2) is 9.97 Å². The molecule has 29 heavy (non-hydrogen) atoms. The number of fused-ring (bicyclic) bond motifs is 1. The molecule has 156 valence electrons. The quantitative estimate of drug-likeness (QED) is 0.778. The van der Waals surface area contributed by atoms with Crippen molar-refractivity contribution in [2.45, 2.75) is 25.9 Å².